The second kappa shape index (κ2) is 4.41. The fourth-order valence-electron chi connectivity index (χ4n) is 1.76. The van der Waals surface area contributed by atoms with Gasteiger partial charge in [-0.05, 0) is 13.0 Å². The van der Waals surface area contributed by atoms with Crippen LogP contribution in [0.15, 0.2) is 16.6 Å². The van der Waals surface area contributed by atoms with Crippen LogP contribution in [-0.2, 0) is 0 Å². The van der Waals surface area contributed by atoms with E-state index in [0.29, 0.717) is 5.75 Å². The maximum Gasteiger partial charge on any atom is 0.121 e. The Morgan fingerprint density at radius 1 is 1.33 bits per heavy atom. The van der Waals surface area contributed by atoms with Crippen molar-refractivity contribution in [3.8, 4) is 5.75 Å². The number of rotatable bonds is 1. The van der Waals surface area contributed by atoms with E-state index in [0.717, 1.165) is 41.9 Å². The summed E-state index contributed by atoms with van der Waals surface area (Å²) in [4.78, 5) is 2.28. The summed E-state index contributed by atoms with van der Waals surface area (Å²) in [5, 5.41) is 13.0. The number of hydrogen-bond donors (Lipinski definition) is 2. The highest BCUT2D eigenvalue weighted by Crippen LogP contribution is 2.31. The lowest BCUT2D eigenvalue weighted by molar-refractivity contribution is 0.470. The lowest BCUT2D eigenvalue weighted by Crippen LogP contribution is -2.43. The van der Waals surface area contributed by atoms with Crippen LogP contribution in [-0.4, -0.2) is 31.3 Å². The molecule has 1 fully saturated rings. The molecular formula is C11H15BrN2O. The number of aromatic hydroxyl groups is 1. The van der Waals surface area contributed by atoms with Gasteiger partial charge in [-0.3, -0.25) is 0 Å². The fraction of sp³-hybridized carbons (Fsp3) is 0.455. The van der Waals surface area contributed by atoms with Crippen LogP contribution < -0.4 is 10.2 Å². The third-order valence-corrected chi connectivity index (χ3v) is 3.61. The van der Waals surface area contributed by atoms with Crippen LogP contribution >= 0.6 is 15.9 Å². The van der Waals surface area contributed by atoms with Crippen molar-refractivity contribution in [1.29, 1.82) is 0 Å². The maximum atomic E-state index is 9.74. The van der Waals surface area contributed by atoms with E-state index >= 15 is 0 Å². The summed E-state index contributed by atoms with van der Waals surface area (Å²) >= 11 is 3.46. The van der Waals surface area contributed by atoms with Gasteiger partial charge in [0.1, 0.15) is 5.75 Å². The highest BCUT2D eigenvalue weighted by atomic mass is 79.9. The number of nitrogens with zero attached hydrogens (tertiary/aromatic N) is 1. The van der Waals surface area contributed by atoms with Gasteiger partial charge < -0.3 is 15.3 Å². The van der Waals surface area contributed by atoms with Crippen LogP contribution in [0.2, 0.25) is 0 Å². The van der Waals surface area contributed by atoms with E-state index in [9.17, 15) is 5.11 Å². The van der Waals surface area contributed by atoms with Crippen LogP contribution in [0.1, 0.15) is 5.56 Å². The van der Waals surface area contributed by atoms with Crippen molar-refractivity contribution in [2.45, 2.75) is 6.92 Å². The molecule has 0 amide bonds. The van der Waals surface area contributed by atoms with Crippen LogP contribution in [0, 0.1) is 6.92 Å². The number of hydrogen-bond acceptors (Lipinski definition) is 3. The van der Waals surface area contributed by atoms with E-state index in [1.165, 1.54) is 0 Å². The quantitative estimate of drug-likeness (QED) is 0.818. The summed E-state index contributed by atoms with van der Waals surface area (Å²) in [5.74, 6) is 0.359. The Bertz CT molecular complexity index is 339. The number of benzene rings is 1. The molecule has 1 heterocycles. The fourth-order valence-corrected chi connectivity index (χ4v) is 2.19. The molecule has 2 rings (SSSR count). The van der Waals surface area contributed by atoms with Crippen molar-refractivity contribution in [2.24, 2.45) is 0 Å². The molecule has 1 aromatic carbocycles. The molecule has 1 aliphatic heterocycles. The first kappa shape index (κ1) is 10.8. The minimum atomic E-state index is 0.359. The molecule has 0 radical (unpaired) electrons. The lowest BCUT2D eigenvalue weighted by Gasteiger charge is -2.29. The first-order chi connectivity index (χ1) is 7.18. The van der Waals surface area contributed by atoms with Gasteiger partial charge in [0.15, 0.2) is 0 Å². The molecule has 3 nitrogen and oxygen atoms in total. The molecule has 4 heteroatoms. The van der Waals surface area contributed by atoms with Crippen LogP contribution in [0.25, 0.3) is 0 Å². The zero-order valence-corrected chi connectivity index (χ0v) is 10.3. The van der Waals surface area contributed by atoms with Crippen molar-refractivity contribution >= 4 is 21.6 Å². The van der Waals surface area contributed by atoms with Crippen LogP contribution in [0.3, 0.4) is 0 Å². The molecule has 0 unspecified atom stereocenters. The minimum Gasteiger partial charge on any atom is -0.508 e. The van der Waals surface area contributed by atoms with Crippen LogP contribution in [0.4, 0.5) is 5.69 Å². The molecule has 0 saturated carbocycles. The standard InChI is InChI=1S/C11H15BrN2O/c1-8-10(12)6-9(7-11(8)15)14-4-2-13-3-5-14/h6-7,13,15H,2-5H2,1H3. The number of phenols is 1. The summed E-state index contributed by atoms with van der Waals surface area (Å²) in [6, 6.07) is 3.91. The smallest absolute Gasteiger partial charge is 0.121 e. The Kier molecular flexibility index (Phi) is 3.17. The van der Waals surface area contributed by atoms with Gasteiger partial charge in [-0.15, -0.1) is 0 Å². The van der Waals surface area contributed by atoms with E-state index in [-0.39, 0.29) is 0 Å². The average Bonchev–Trinajstić information content (AvgIpc) is 2.26. The molecule has 0 atom stereocenters. The van der Waals surface area contributed by atoms with Gasteiger partial charge in [-0.2, -0.15) is 0 Å². The van der Waals surface area contributed by atoms with Crippen molar-refractivity contribution in [1.82, 2.24) is 5.32 Å². The summed E-state index contributed by atoms with van der Waals surface area (Å²) in [6.45, 7) is 5.91. The molecular weight excluding hydrogens is 256 g/mol. The minimum absolute atomic E-state index is 0.359. The monoisotopic (exact) mass is 270 g/mol. The molecule has 0 bridgehead atoms. The SMILES string of the molecule is Cc1c(O)cc(N2CCNCC2)cc1Br. The molecule has 1 aromatic rings. The summed E-state index contributed by atoms with van der Waals surface area (Å²) in [6.07, 6.45) is 0. The third kappa shape index (κ3) is 2.26. The number of piperazine rings is 1. The predicted molar refractivity (Wildman–Crippen MR) is 65.6 cm³/mol. The average molecular weight is 271 g/mol. The molecule has 82 valence electrons. The maximum absolute atomic E-state index is 9.74. The number of halogens is 1. The van der Waals surface area contributed by atoms with Gasteiger partial charge in [0.2, 0.25) is 0 Å². The first-order valence-electron chi connectivity index (χ1n) is 5.13. The molecule has 1 aliphatic rings. The number of phenolic OH excluding ortho intramolecular Hbond substituents is 1. The predicted octanol–water partition coefficient (Wildman–Crippen LogP) is 1.87. The van der Waals surface area contributed by atoms with E-state index in [4.69, 9.17) is 0 Å². The Hall–Kier alpha value is -0.740. The van der Waals surface area contributed by atoms with Crippen molar-refractivity contribution in [2.75, 3.05) is 31.1 Å². The van der Waals surface area contributed by atoms with Gasteiger partial charge in [0, 0.05) is 48.0 Å². The van der Waals surface area contributed by atoms with Crippen molar-refractivity contribution < 1.29 is 5.11 Å². The normalized spacial score (nSPS) is 16.8. The molecule has 1 saturated heterocycles. The lowest BCUT2D eigenvalue weighted by atomic mass is 10.2. The zero-order chi connectivity index (χ0) is 10.8. The van der Waals surface area contributed by atoms with Crippen molar-refractivity contribution in [3.05, 3.63) is 22.2 Å². The third-order valence-electron chi connectivity index (χ3n) is 2.78. The molecule has 0 spiro atoms. The van der Waals surface area contributed by atoms with Gasteiger partial charge >= 0.3 is 0 Å². The first-order valence-corrected chi connectivity index (χ1v) is 5.92. The number of anilines is 1. The summed E-state index contributed by atoms with van der Waals surface area (Å²) in [5.41, 5.74) is 1.99. The molecule has 2 N–H and O–H groups in total. The zero-order valence-electron chi connectivity index (χ0n) is 8.76. The Labute approximate surface area is 98.2 Å². The highest BCUT2D eigenvalue weighted by Gasteiger charge is 2.13. The molecule has 0 aromatic heterocycles. The van der Waals surface area contributed by atoms with E-state index < -0.39 is 0 Å². The largest absolute Gasteiger partial charge is 0.508 e. The van der Waals surface area contributed by atoms with Gasteiger partial charge in [0.05, 0.1) is 0 Å². The van der Waals surface area contributed by atoms with Gasteiger partial charge in [-0.25, -0.2) is 0 Å². The van der Waals surface area contributed by atoms with E-state index in [2.05, 4.69) is 32.2 Å². The topological polar surface area (TPSA) is 35.5 Å². The Morgan fingerprint density at radius 2 is 2.00 bits per heavy atom. The highest BCUT2D eigenvalue weighted by molar-refractivity contribution is 9.10. The van der Waals surface area contributed by atoms with Crippen LogP contribution in [0.5, 0.6) is 5.75 Å². The second-order valence-corrected chi connectivity index (χ2v) is 4.66. The van der Waals surface area contributed by atoms with Gasteiger partial charge in [0.25, 0.3) is 0 Å². The number of nitrogens with one attached hydrogen (secondary N) is 1. The second-order valence-electron chi connectivity index (χ2n) is 3.81. The van der Waals surface area contributed by atoms with E-state index in [1.54, 1.807) is 0 Å². The van der Waals surface area contributed by atoms with E-state index in [1.807, 2.05) is 13.0 Å². The molecule has 15 heavy (non-hydrogen) atoms. The summed E-state index contributed by atoms with van der Waals surface area (Å²) in [7, 11) is 0. The Balaban J connectivity index is 2.27. The van der Waals surface area contributed by atoms with Gasteiger partial charge in [-0.1, -0.05) is 15.9 Å². The Morgan fingerprint density at radius 3 is 2.60 bits per heavy atom. The molecule has 0 aliphatic carbocycles. The summed E-state index contributed by atoms with van der Waals surface area (Å²) < 4.78 is 0.969. The van der Waals surface area contributed by atoms with Crippen molar-refractivity contribution in [3.63, 3.8) is 0 Å².